The standard InChI is InChI=1S/C15H20BrClN4O3Si/c1-25(2,3)7-6-24-9-20-13(14(21(22)23)15(17)19-20)11-8-10(16)4-5-12(11)18/h4-5,8H,6-7,9,18H2,1-3H3. The number of benzene rings is 1. The summed E-state index contributed by atoms with van der Waals surface area (Å²) in [4.78, 5) is 10.9. The number of hydrogen-bond donors (Lipinski definition) is 1. The monoisotopic (exact) mass is 446 g/mol. The van der Waals surface area contributed by atoms with Gasteiger partial charge in [0.1, 0.15) is 6.73 Å². The third-order valence-corrected chi connectivity index (χ3v) is 6.00. The van der Waals surface area contributed by atoms with Crippen LogP contribution in [0.3, 0.4) is 0 Å². The van der Waals surface area contributed by atoms with E-state index in [4.69, 9.17) is 22.1 Å². The Labute approximate surface area is 160 Å². The second kappa shape index (κ2) is 7.86. The first-order chi connectivity index (χ1) is 11.6. The normalized spacial score (nSPS) is 11.7. The first kappa shape index (κ1) is 19.9. The van der Waals surface area contributed by atoms with Gasteiger partial charge in [0, 0.05) is 30.4 Å². The second-order valence-corrected chi connectivity index (χ2v) is 13.7. The van der Waals surface area contributed by atoms with Crippen LogP contribution in [0.4, 0.5) is 11.4 Å². The summed E-state index contributed by atoms with van der Waals surface area (Å²) in [5.41, 5.74) is 6.85. The number of nitrogens with zero attached hydrogens (tertiary/aromatic N) is 3. The Morgan fingerprint density at radius 3 is 2.72 bits per heavy atom. The van der Waals surface area contributed by atoms with Gasteiger partial charge in [-0.1, -0.05) is 47.2 Å². The minimum atomic E-state index is -1.23. The van der Waals surface area contributed by atoms with Crippen molar-refractivity contribution in [2.75, 3.05) is 12.3 Å². The second-order valence-electron chi connectivity index (χ2n) is 6.82. The highest BCUT2D eigenvalue weighted by atomic mass is 79.9. The molecule has 0 atom stereocenters. The molecule has 10 heteroatoms. The molecule has 1 aromatic heterocycles. The maximum Gasteiger partial charge on any atom is 0.334 e. The molecule has 2 rings (SSSR count). The lowest BCUT2D eigenvalue weighted by molar-refractivity contribution is -0.384. The number of aromatic nitrogens is 2. The van der Waals surface area contributed by atoms with Crippen molar-refractivity contribution in [3.63, 3.8) is 0 Å². The molecule has 25 heavy (non-hydrogen) atoms. The molecule has 1 heterocycles. The Balaban J connectivity index is 2.39. The van der Waals surface area contributed by atoms with Gasteiger partial charge in [0.25, 0.3) is 0 Å². The Morgan fingerprint density at radius 2 is 2.12 bits per heavy atom. The molecule has 0 saturated carbocycles. The number of rotatable bonds is 7. The van der Waals surface area contributed by atoms with Crippen molar-refractivity contribution in [1.82, 2.24) is 9.78 Å². The van der Waals surface area contributed by atoms with Gasteiger partial charge < -0.3 is 10.5 Å². The van der Waals surface area contributed by atoms with Crippen molar-refractivity contribution >= 4 is 47.0 Å². The van der Waals surface area contributed by atoms with E-state index in [1.54, 1.807) is 18.2 Å². The average Bonchev–Trinajstić information content (AvgIpc) is 2.81. The zero-order valence-electron chi connectivity index (χ0n) is 14.3. The number of anilines is 1. The summed E-state index contributed by atoms with van der Waals surface area (Å²) in [5, 5.41) is 15.3. The van der Waals surface area contributed by atoms with Gasteiger partial charge in [-0.05, 0) is 24.2 Å². The summed E-state index contributed by atoms with van der Waals surface area (Å²) in [6.07, 6.45) is 0. The van der Waals surface area contributed by atoms with Crippen molar-refractivity contribution in [3.8, 4) is 11.3 Å². The molecule has 2 aromatic rings. The lowest BCUT2D eigenvalue weighted by atomic mass is 10.1. The molecule has 0 aliphatic carbocycles. The lowest BCUT2D eigenvalue weighted by Gasteiger charge is -2.16. The predicted octanol–water partition coefficient (Wildman–Crippen LogP) is 4.77. The molecule has 0 spiro atoms. The van der Waals surface area contributed by atoms with Gasteiger partial charge in [0.2, 0.25) is 5.15 Å². The smallest absolute Gasteiger partial charge is 0.334 e. The Kier molecular flexibility index (Phi) is 6.25. The molecule has 0 radical (unpaired) electrons. The van der Waals surface area contributed by atoms with Crippen molar-refractivity contribution in [2.45, 2.75) is 32.4 Å². The number of halogens is 2. The van der Waals surface area contributed by atoms with Crippen LogP contribution < -0.4 is 5.73 Å². The zero-order chi connectivity index (χ0) is 18.8. The first-order valence-corrected chi connectivity index (χ1v) is 12.5. The SMILES string of the molecule is C[Si](C)(C)CCOCn1nc(Cl)c([N+](=O)[O-])c1-c1cc(Br)ccc1N. The highest BCUT2D eigenvalue weighted by molar-refractivity contribution is 9.10. The number of ether oxygens (including phenoxy) is 1. The summed E-state index contributed by atoms with van der Waals surface area (Å²) in [6.45, 7) is 7.38. The summed E-state index contributed by atoms with van der Waals surface area (Å²) in [7, 11) is -1.23. The molecule has 2 N–H and O–H groups in total. The average molecular weight is 448 g/mol. The predicted molar refractivity (Wildman–Crippen MR) is 106 cm³/mol. The third kappa shape index (κ3) is 5.03. The van der Waals surface area contributed by atoms with E-state index in [0.29, 0.717) is 17.9 Å². The number of nitro groups is 1. The van der Waals surface area contributed by atoms with Gasteiger partial charge >= 0.3 is 5.69 Å². The lowest BCUT2D eigenvalue weighted by Crippen LogP contribution is -2.22. The van der Waals surface area contributed by atoms with Gasteiger partial charge in [-0.25, -0.2) is 4.68 Å². The quantitative estimate of drug-likeness (QED) is 0.217. The minimum Gasteiger partial charge on any atom is -0.398 e. The van der Waals surface area contributed by atoms with E-state index in [2.05, 4.69) is 40.7 Å². The van der Waals surface area contributed by atoms with Crippen molar-refractivity contribution < 1.29 is 9.66 Å². The van der Waals surface area contributed by atoms with Gasteiger partial charge in [-0.3, -0.25) is 10.1 Å². The minimum absolute atomic E-state index is 0.0688. The van der Waals surface area contributed by atoms with E-state index >= 15 is 0 Å². The van der Waals surface area contributed by atoms with Crippen molar-refractivity contribution in [3.05, 3.63) is 37.9 Å². The number of nitrogen functional groups attached to an aromatic ring is 1. The fraction of sp³-hybridized carbons (Fsp3) is 0.400. The van der Waals surface area contributed by atoms with Crippen LogP contribution in [0.2, 0.25) is 30.8 Å². The third-order valence-electron chi connectivity index (χ3n) is 3.55. The highest BCUT2D eigenvalue weighted by Crippen LogP contribution is 2.39. The molecule has 7 nitrogen and oxygen atoms in total. The Hall–Kier alpha value is -1.42. The van der Waals surface area contributed by atoms with Crippen LogP contribution in [0.15, 0.2) is 22.7 Å². The maximum atomic E-state index is 11.5. The molecule has 0 aliphatic heterocycles. The van der Waals surface area contributed by atoms with Gasteiger partial charge in [-0.15, -0.1) is 0 Å². The Bertz CT molecular complexity index is 792. The van der Waals surface area contributed by atoms with Crippen LogP contribution in [0.5, 0.6) is 0 Å². The van der Waals surface area contributed by atoms with Crippen LogP contribution in [0.1, 0.15) is 0 Å². The molecule has 0 unspecified atom stereocenters. The van der Waals surface area contributed by atoms with E-state index in [1.807, 2.05) is 0 Å². The Morgan fingerprint density at radius 1 is 1.44 bits per heavy atom. The summed E-state index contributed by atoms with van der Waals surface area (Å²) < 4.78 is 7.81. The van der Waals surface area contributed by atoms with Gasteiger partial charge in [0.15, 0.2) is 5.69 Å². The number of hydrogen-bond acceptors (Lipinski definition) is 5. The summed E-state index contributed by atoms with van der Waals surface area (Å²) in [5.74, 6) is 0. The van der Waals surface area contributed by atoms with Crippen molar-refractivity contribution in [1.29, 1.82) is 0 Å². The fourth-order valence-corrected chi connectivity index (χ4v) is 3.58. The molecule has 1 aromatic carbocycles. The molecule has 136 valence electrons. The zero-order valence-corrected chi connectivity index (χ0v) is 17.6. The molecule has 0 amide bonds. The van der Waals surface area contributed by atoms with Gasteiger partial charge in [0.05, 0.1) is 4.92 Å². The largest absolute Gasteiger partial charge is 0.398 e. The molecular weight excluding hydrogens is 428 g/mol. The van der Waals surface area contributed by atoms with E-state index in [-0.39, 0.29) is 23.3 Å². The molecule has 0 aliphatic rings. The van der Waals surface area contributed by atoms with Crippen LogP contribution in [0, 0.1) is 10.1 Å². The van der Waals surface area contributed by atoms with E-state index in [0.717, 1.165) is 10.5 Å². The first-order valence-electron chi connectivity index (χ1n) is 7.64. The maximum absolute atomic E-state index is 11.5. The molecule has 0 bridgehead atoms. The van der Waals surface area contributed by atoms with E-state index in [1.165, 1.54) is 4.68 Å². The van der Waals surface area contributed by atoms with Gasteiger partial charge in [-0.2, -0.15) is 5.10 Å². The van der Waals surface area contributed by atoms with E-state index in [9.17, 15) is 10.1 Å². The van der Waals surface area contributed by atoms with Crippen LogP contribution in [0.25, 0.3) is 11.3 Å². The van der Waals surface area contributed by atoms with Crippen LogP contribution >= 0.6 is 27.5 Å². The summed E-state index contributed by atoms with van der Waals surface area (Å²) >= 11 is 9.36. The number of nitrogens with two attached hydrogens (primary N) is 1. The summed E-state index contributed by atoms with van der Waals surface area (Å²) in [6, 6.07) is 6.12. The fourth-order valence-electron chi connectivity index (χ4n) is 2.21. The van der Waals surface area contributed by atoms with Crippen LogP contribution in [-0.2, 0) is 11.5 Å². The highest BCUT2D eigenvalue weighted by Gasteiger charge is 2.29. The van der Waals surface area contributed by atoms with Crippen molar-refractivity contribution in [2.24, 2.45) is 0 Å². The topological polar surface area (TPSA) is 96.2 Å². The molecule has 0 saturated heterocycles. The van der Waals surface area contributed by atoms with Crippen LogP contribution in [-0.4, -0.2) is 29.4 Å². The van der Waals surface area contributed by atoms with E-state index < -0.39 is 13.0 Å². The molecule has 0 fully saturated rings. The molecular formula is C15H20BrClN4O3Si.